The Hall–Kier alpha value is -1.79. The van der Waals surface area contributed by atoms with Gasteiger partial charge in [0.2, 0.25) is 5.91 Å². The van der Waals surface area contributed by atoms with Gasteiger partial charge in [0, 0.05) is 37.1 Å². The zero-order chi connectivity index (χ0) is 18.8. The van der Waals surface area contributed by atoms with E-state index in [0.29, 0.717) is 32.7 Å². The lowest BCUT2D eigenvalue weighted by atomic mass is 10.1. The zero-order valence-electron chi connectivity index (χ0n) is 15.3. The van der Waals surface area contributed by atoms with Gasteiger partial charge in [-0.05, 0) is 50.4 Å². The molecule has 1 aromatic carbocycles. The third kappa shape index (κ3) is 7.22. The first kappa shape index (κ1) is 20.5. The Morgan fingerprint density at radius 2 is 2.04 bits per heavy atom. The normalized spacial score (nSPS) is 14.9. The first-order valence-electron chi connectivity index (χ1n) is 9.24. The summed E-state index contributed by atoms with van der Waals surface area (Å²) in [5.74, 6) is 0.0508. The van der Waals surface area contributed by atoms with Crippen LogP contribution in [0.2, 0.25) is 5.02 Å². The third-order valence-corrected chi connectivity index (χ3v) is 4.63. The topological polar surface area (TPSA) is 70.7 Å². The molecule has 2 N–H and O–H groups in total. The predicted molar refractivity (Wildman–Crippen MR) is 102 cm³/mol. The lowest BCUT2D eigenvalue weighted by Gasteiger charge is -2.31. The summed E-state index contributed by atoms with van der Waals surface area (Å²) in [6, 6.07) is 7.94. The fraction of sp³-hybridized carbons (Fsp3) is 0.579. The van der Waals surface area contributed by atoms with Crippen molar-refractivity contribution in [1.82, 2.24) is 15.5 Å². The Morgan fingerprint density at radius 3 is 2.73 bits per heavy atom. The lowest BCUT2D eigenvalue weighted by molar-refractivity contribution is -0.121. The van der Waals surface area contributed by atoms with E-state index in [0.717, 1.165) is 30.8 Å². The SMILES string of the molecule is CCOC(=O)N1CCC(NC(=O)CCNCCc2cccc(Cl)c2)CC1. The molecule has 1 heterocycles. The largest absolute Gasteiger partial charge is 0.450 e. The number of benzene rings is 1. The van der Waals surface area contributed by atoms with Crippen molar-refractivity contribution in [3.05, 3.63) is 34.9 Å². The van der Waals surface area contributed by atoms with Crippen LogP contribution in [0, 0.1) is 0 Å². The van der Waals surface area contributed by atoms with Gasteiger partial charge in [-0.1, -0.05) is 23.7 Å². The van der Waals surface area contributed by atoms with Crippen molar-refractivity contribution < 1.29 is 14.3 Å². The van der Waals surface area contributed by atoms with Crippen LogP contribution in [0.1, 0.15) is 31.7 Å². The second kappa shape index (κ2) is 11.0. The van der Waals surface area contributed by atoms with Crippen molar-refractivity contribution in [3.63, 3.8) is 0 Å². The van der Waals surface area contributed by atoms with Crippen molar-refractivity contribution in [1.29, 1.82) is 0 Å². The second-order valence-corrected chi connectivity index (χ2v) is 6.84. The van der Waals surface area contributed by atoms with Gasteiger partial charge in [-0.3, -0.25) is 4.79 Å². The van der Waals surface area contributed by atoms with Gasteiger partial charge < -0.3 is 20.3 Å². The van der Waals surface area contributed by atoms with E-state index in [1.807, 2.05) is 24.3 Å². The number of hydrogen-bond acceptors (Lipinski definition) is 4. The van der Waals surface area contributed by atoms with E-state index < -0.39 is 0 Å². The molecule has 1 fully saturated rings. The van der Waals surface area contributed by atoms with Crippen LogP contribution in [0.5, 0.6) is 0 Å². The molecule has 1 aliphatic heterocycles. The summed E-state index contributed by atoms with van der Waals surface area (Å²) in [4.78, 5) is 25.4. The van der Waals surface area contributed by atoms with Crippen LogP contribution in [-0.4, -0.2) is 55.7 Å². The van der Waals surface area contributed by atoms with Crippen LogP contribution in [0.15, 0.2) is 24.3 Å². The molecule has 0 spiro atoms. The van der Waals surface area contributed by atoms with E-state index in [2.05, 4.69) is 10.6 Å². The van der Waals surface area contributed by atoms with E-state index >= 15 is 0 Å². The molecule has 0 bridgehead atoms. The highest BCUT2D eigenvalue weighted by atomic mass is 35.5. The molecule has 0 aliphatic carbocycles. The van der Waals surface area contributed by atoms with Crippen LogP contribution < -0.4 is 10.6 Å². The number of carbonyl (C=O) groups excluding carboxylic acids is 2. The molecule has 1 saturated heterocycles. The van der Waals surface area contributed by atoms with E-state index in [9.17, 15) is 9.59 Å². The highest BCUT2D eigenvalue weighted by molar-refractivity contribution is 6.30. The van der Waals surface area contributed by atoms with E-state index in [1.54, 1.807) is 11.8 Å². The number of hydrogen-bond donors (Lipinski definition) is 2. The van der Waals surface area contributed by atoms with Crippen LogP contribution in [0.4, 0.5) is 4.79 Å². The molecule has 0 aromatic heterocycles. The smallest absolute Gasteiger partial charge is 0.409 e. The van der Waals surface area contributed by atoms with Crippen LogP contribution in [0.25, 0.3) is 0 Å². The summed E-state index contributed by atoms with van der Waals surface area (Å²) in [5.41, 5.74) is 1.18. The van der Waals surface area contributed by atoms with Gasteiger partial charge in [-0.15, -0.1) is 0 Å². The van der Waals surface area contributed by atoms with Crippen molar-refractivity contribution in [2.24, 2.45) is 0 Å². The summed E-state index contributed by atoms with van der Waals surface area (Å²) in [6.07, 6.45) is 2.61. The minimum atomic E-state index is -0.263. The fourth-order valence-corrected chi connectivity index (χ4v) is 3.19. The van der Waals surface area contributed by atoms with E-state index in [4.69, 9.17) is 16.3 Å². The Balaban J connectivity index is 1.55. The molecule has 2 amide bonds. The maximum Gasteiger partial charge on any atom is 0.409 e. The standard InChI is InChI=1S/C19H28ClN3O3/c1-2-26-19(25)23-12-8-17(9-13-23)22-18(24)7-11-21-10-6-15-4-3-5-16(20)14-15/h3-5,14,17,21H,2,6-13H2,1H3,(H,22,24). The maximum atomic E-state index is 12.0. The number of nitrogens with zero attached hydrogens (tertiary/aromatic N) is 1. The average molecular weight is 382 g/mol. The summed E-state index contributed by atoms with van der Waals surface area (Å²) >= 11 is 5.96. The third-order valence-electron chi connectivity index (χ3n) is 4.39. The summed E-state index contributed by atoms with van der Waals surface area (Å²) < 4.78 is 5.00. The van der Waals surface area contributed by atoms with Crippen LogP contribution >= 0.6 is 11.6 Å². The number of nitrogens with one attached hydrogen (secondary N) is 2. The molecule has 0 radical (unpaired) electrons. The molecule has 6 nitrogen and oxygen atoms in total. The first-order valence-corrected chi connectivity index (χ1v) is 9.62. The van der Waals surface area contributed by atoms with Crippen molar-refractivity contribution in [3.8, 4) is 0 Å². The fourth-order valence-electron chi connectivity index (χ4n) is 2.97. The summed E-state index contributed by atoms with van der Waals surface area (Å²) in [5, 5.41) is 7.08. The Morgan fingerprint density at radius 1 is 1.27 bits per heavy atom. The van der Waals surface area contributed by atoms with Gasteiger partial charge in [0.15, 0.2) is 0 Å². The molecule has 0 unspecified atom stereocenters. The van der Waals surface area contributed by atoms with Crippen molar-refractivity contribution >= 4 is 23.6 Å². The average Bonchev–Trinajstić information content (AvgIpc) is 2.62. The highest BCUT2D eigenvalue weighted by Crippen LogP contribution is 2.12. The number of halogens is 1. The molecule has 0 saturated carbocycles. The number of likely N-dealkylation sites (tertiary alicyclic amines) is 1. The highest BCUT2D eigenvalue weighted by Gasteiger charge is 2.24. The number of piperidine rings is 1. The Bertz CT molecular complexity index is 589. The Kier molecular flexibility index (Phi) is 8.71. The van der Waals surface area contributed by atoms with Gasteiger partial charge in [0.05, 0.1) is 6.61 Å². The number of ether oxygens (including phenoxy) is 1. The van der Waals surface area contributed by atoms with Gasteiger partial charge in [-0.25, -0.2) is 4.79 Å². The van der Waals surface area contributed by atoms with Crippen molar-refractivity contribution in [2.45, 2.75) is 38.6 Å². The van der Waals surface area contributed by atoms with Crippen LogP contribution in [-0.2, 0) is 16.0 Å². The molecule has 2 rings (SSSR count). The molecule has 26 heavy (non-hydrogen) atoms. The van der Waals surface area contributed by atoms with Gasteiger partial charge in [0.25, 0.3) is 0 Å². The van der Waals surface area contributed by atoms with E-state index in [-0.39, 0.29) is 18.0 Å². The quantitative estimate of drug-likeness (QED) is 0.679. The molecule has 1 aliphatic rings. The maximum absolute atomic E-state index is 12.0. The molecular weight excluding hydrogens is 354 g/mol. The predicted octanol–water partition coefficient (Wildman–Crippen LogP) is 2.60. The van der Waals surface area contributed by atoms with Gasteiger partial charge in [0.1, 0.15) is 0 Å². The second-order valence-electron chi connectivity index (χ2n) is 6.41. The van der Waals surface area contributed by atoms with Crippen molar-refractivity contribution in [2.75, 3.05) is 32.8 Å². The Labute approximate surface area is 160 Å². The molecule has 144 valence electrons. The minimum absolute atomic E-state index is 0.0508. The number of rotatable bonds is 8. The summed E-state index contributed by atoms with van der Waals surface area (Å²) in [6.45, 7) is 4.90. The van der Waals surface area contributed by atoms with Crippen LogP contribution in [0.3, 0.4) is 0 Å². The van der Waals surface area contributed by atoms with Gasteiger partial charge >= 0.3 is 6.09 Å². The summed E-state index contributed by atoms with van der Waals surface area (Å²) in [7, 11) is 0. The lowest BCUT2D eigenvalue weighted by Crippen LogP contribution is -2.47. The number of amides is 2. The number of carbonyl (C=O) groups is 2. The molecule has 7 heteroatoms. The molecular formula is C19H28ClN3O3. The minimum Gasteiger partial charge on any atom is -0.450 e. The molecule has 1 aromatic rings. The first-order chi connectivity index (χ1) is 12.6. The monoisotopic (exact) mass is 381 g/mol. The van der Waals surface area contributed by atoms with E-state index in [1.165, 1.54) is 5.56 Å². The van der Waals surface area contributed by atoms with Gasteiger partial charge in [-0.2, -0.15) is 0 Å². The zero-order valence-corrected chi connectivity index (χ0v) is 16.1. The molecule has 0 atom stereocenters.